The van der Waals surface area contributed by atoms with Crippen LogP contribution in [0.2, 0.25) is 0 Å². The van der Waals surface area contributed by atoms with Gasteiger partial charge in [0.15, 0.2) is 0 Å². The van der Waals surface area contributed by atoms with E-state index in [1.807, 2.05) is 30.3 Å². The zero-order valence-corrected chi connectivity index (χ0v) is 24.3. The van der Waals surface area contributed by atoms with Gasteiger partial charge in [0.05, 0.1) is 6.16 Å². The summed E-state index contributed by atoms with van der Waals surface area (Å²) in [5, 5.41) is 4.71. The molecule has 1 aromatic carbocycles. The summed E-state index contributed by atoms with van der Waals surface area (Å²) >= 11 is 0. The molecule has 220 valence electrons. The van der Waals surface area contributed by atoms with Crippen molar-refractivity contribution in [2.24, 2.45) is 5.92 Å². The number of alkyl carbamates (subject to hydrolysis) is 1. The summed E-state index contributed by atoms with van der Waals surface area (Å²) in [6.07, 6.45) is 10.7. The van der Waals surface area contributed by atoms with Gasteiger partial charge in [0.2, 0.25) is 19.2 Å². The topological polar surface area (TPSA) is 125 Å². The Morgan fingerprint density at radius 2 is 1.65 bits per heavy atom. The molecule has 3 amide bonds. The predicted octanol–water partition coefficient (Wildman–Crippen LogP) is 5.06. The fourth-order valence-corrected chi connectivity index (χ4v) is 9.44. The number of hydrogen-bond donors (Lipinski definition) is 3. The Morgan fingerprint density at radius 3 is 2.40 bits per heavy atom. The number of nitrogens with one attached hydrogen (secondary N) is 2. The highest BCUT2D eigenvalue weighted by atomic mass is 31.2. The molecule has 3 N–H and O–H groups in total. The third-order valence-corrected chi connectivity index (χ3v) is 12.0. The zero-order chi connectivity index (χ0) is 28.2. The van der Waals surface area contributed by atoms with Crippen LogP contribution in [0, 0.1) is 5.92 Å². The van der Waals surface area contributed by atoms with E-state index in [1.165, 1.54) is 0 Å². The maximum absolute atomic E-state index is 13.9. The Morgan fingerprint density at radius 1 is 0.975 bits per heavy atom. The zero-order valence-electron chi connectivity index (χ0n) is 23.4. The third kappa shape index (κ3) is 6.57. The first kappa shape index (κ1) is 29.1. The van der Waals surface area contributed by atoms with Crippen LogP contribution in [0.4, 0.5) is 4.79 Å². The lowest BCUT2D eigenvalue weighted by Gasteiger charge is -2.31. The van der Waals surface area contributed by atoms with Crippen LogP contribution < -0.4 is 10.6 Å². The number of nitrogens with zero attached hydrogens (tertiary/aromatic N) is 1. The minimum atomic E-state index is -3.80. The van der Waals surface area contributed by atoms with Crippen molar-refractivity contribution in [1.29, 1.82) is 0 Å². The maximum atomic E-state index is 13.9. The summed E-state index contributed by atoms with van der Waals surface area (Å²) in [6, 6.07) is 7.78. The molecule has 2 heterocycles. The molecule has 1 aromatic rings. The molecule has 2 saturated heterocycles. The molecular formula is C30H44N3O6P. The highest BCUT2D eigenvalue weighted by Crippen LogP contribution is 2.71. The van der Waals surface area contributed by atoms with E-state index in [2.05, 4.69) is 10.6 Å². The average Bonchev–Trinajstić information content (AvgIpc) is 3.27. The number of hydrogen-bond acceptors (Lipinski definition) is 5. The number of carbonyl (C=O) groups is 3. The van der Waals surface area contributed by atoms with Crippen molar-refractivity contribution in [3.8, 4) is 0 Å². The van der Waals surface area contributed by atoms with E-state index in [0.29, 0.717) is 32.2 Å². The van der Waals surface area contributed by atoms with Gasteiger partial charge in [-0.25, -0.2) is 4.79 Å². The second-order valence-electron chi connectivity index (χ2n) is 12.2. The molecule has 5 rings (SSSR count). The fourth-order valence-electron chi connectivity index (χ4n) is 6.96. The van der Waals surface area contributed by atoms with Gasteiger partial charge in [0.1, 0.15) is 23.5 Å². The van der Waals surface area contributed by atoms with Crippen LogP contribution in [0.1, 0.15) is 95.5 Å². The molecular weight excluding hydrogens is 529 g/mol. The highest BCUT2D eigenvalue weighted by molar-refractivity contribution is 7.59. The monoisotopic (exact) mass is 573 g/mol. The van der Waals surface area contributed by atoms with Crippen molar-refractivity contribution in [2.75, 3.05) is 6.54 Å². The van der Waals surface area contributed by atoms with E-state index in [-0.39, 0.29) is 30.0 Å². The molecule has 0 spiro atoms. The average molecular weight is 574 g/mol. The van der Waals surface area contributed by atoms with Gasteiger partial charge in [-0.1, -0.05) is 62.4 Å². The SMILES string of the molecule is O=C(N[C@H]1CCCCCCC[C@@H]2C[C@@]2(P(=O)(O)Cc2ccccc2)NC(=O)[C@@H]2CCCN2C1=O)OC1CCCC1. The molecule has 0 aromatic heterocycles. The normalized spacial score (nSPS) is 31.6. The Hall–Kier alpha value is -2.38. The smallest absolute Gasteiger partial charge is 0.408 e. The van der Waals surface area contributed by atoms with Crippen LogP contribution in [0.25, 0.3) is 0 Å². The van der Waals surface area contributed by atoms with Gasteiger partial charge >= 0.3 is 6.09 Å². The van der Waals surface area contributed by atoms with Crippen LogP contribution in [0.5, 0.6) is 0 Å². The minimum Gasteiger partial charge on any atom is -0.446 e. The van der Waals surface area contributed by atoms with E-state index >= 15 is 0 Å². The molecule has 4 fully saturated rings. The first-order chi connectivity index (χ1) is 19.3. The summed E-state index contributed by atoms with van der Waals surface area (Å²) in [4.78, 5) is 53.2. The van der Waals surface area contributed by atoms with E-state index in [9.17, 15) is 23.8 Å². The first-order valence-electron chi connectivity index (χ1n) is 15.2. The molecule has 1 unspecified atom stereocenters. The van der Waals surface area contributed by atoms with Crippen LogP contribution >= 0.6 is 7.37 Å². The van der Waals surface area contributed by atoms with Gasteiger partial charge in [0, 0.05) is 6.54 Å². The summed E-state index contributed by atoms with van der Waals surface area (Å²) in [5.74, 6) is -0.682. The molecule has 40 heavy (non-hydrogen) atoms. The van der Waals surface area contributed by atoms with E-state index in [4.69, 9.17) is 4.74 Å². The van der Waals surface area contributed by atoms with Crippen molar-refractivity contribution >= 4 is 25.3 Å². The highest BCUT2D eigenvalue weighted by Gasteiger charge is 2.66. The lowest BCUT2D eigenvalue weighted by Crippen LogP contribution is -2.55. The van der Waals surface area contributed by atoms with Gasteiger partial charge < -0.3 is 25.2 Å². The number of carbonyl (C=O) groups excluding carboxylic acids is 3. The Bertz CT molecular complexity index is 1110. The molecule has 10 heteroatoms. The standard InChI is InChI=1S/C30H44N3O6P/c34-27-26-18-11-19-33(26)28(35)25(31-29(36)39-24-15-9-10-16-24)17-8-3-1-2-7-14-23-20-30(23,32-27)40(37,38)21-22-12-5-4-6-13-22/h4-6,12-13,23-26H,1-3,7-11,14-21H2,(H,31,36)(H,32,34)(H,37,38)/t23-,25+,26+,30+/m1/s1. The summed E-state index contributed by atoms with van der Waals surface area (Å²) in [7, 11) is -3.80. The van der Waals surface area contributed by atoms with Crippen molar-refractivity contribution in [1.82, 2.24) is 15.5 Å². The summed E-state index contributed by atoms with van der Waals surface area (Å²) < 4.78 is 19.5. The van der Waals surface area contributed by atoms with Gasteiger partial charge in [0.25, 0.3) is 0 Å². The van der Waals surface area contributed by atoms with Crippen LogP contribution in [0.15, 0.2) is 30.3 Å². The molecule has 2 saturated carbocycles. The quantitative estimate of drug-likeness (QED) is 0.423. The van der Waals surface area contributed by atoms with Crippen LogP contribution in [0.3, 0.4) is 0 Å². The van der Waals surface area contributed by atoms with Crippen molar-refractivity contribution in [3.05, 3.63) is 35.9 Å². The Kier molecular flexibility index (Phi) is 9.21. The van der Waals surface area contributed by atoms with E-state index in [1.54, 1.807) is 4.90 Å². The van der Waals surface area contributed by atoms with Gasteiger partial charge in [-0.2, -0.15) is 0 Å². The molecule has 0 radical (unpaired) electrons. The van der Waals surface area contributed by atoms with E-state index in [0.717, 1.165) is 69.8 Å². The molecule has 2 aliphatic carbocycles. The van der Waals surface area contributed by atoms with Crippen LogP contribution in [-0.4, -0.2) is 57.7 Å². The number of benzene rings is 1. The lowest BCUT2D eigenvalue weighted by atomic mass is 10.0. The number of amides is 3. The van der Waals surface area contributed by atoms with Crippen molar-refractivity contribution in [3.63, 3.8) is 0 Å². The van der Waals surface area contributed by atoms with Crippen molar-refractivity contribution < 1.29 is 28.6 Å². The Balaban J connectivity index is 1.33. The van der Waals surface area contributed by atoms with Gasteiger partial charge in [-0.15, -0.1) is 0 Å². The fraction of sp³-hybridized carbons (Fsp3) is 0.700. The largest absolute Gasteiger partial charge is 0.446 e. The molecule has 9 nitrogen and oxygen atoms in total. The number of ether oxygens (including phenoxy) is 1. The van der Waals surface area contributed by atoms with E-state index < -0.39 is 30.8 Å². The molecule has 4 aliphatic rings. The van der Waals surface area contributed by atoms with Crippen LogP contribution in [-0.2, 0) is 25.1 Å². The molecule has 0 bridgehead atoms. The second kappa shape index (κ2) is 12.6. The third-order valence-electron chi connectivity index (χ3n) is 9.33. The summed E-state index contributed by atoms with van der Waals surface area (Å²) in [5.41, 5.74) is 0.773. The lowest BCUT2D eigenvalue weighted by molar-refractivity contribution is -0.140. The molecule has 2 aliphatic heterocycles. The summed E-state index contributed by atoms with van der Waals surface area (Å²) in [6.45, 7) is 0.421. The first-order valence-corrected chi connectivity index (χ1v) is 17.1. The minimum absolute atomic E-state index is 0.00698. The number of fused-ring (bicyclic) bond motifs is 2. The van der Waals surface area contributed by atoms with Gasteiger partial charge in [-0.3, -0.25) is 14.2 Å². The second-order valence-corrected chi connectivity index (χ2v) is 14.7. The maximum Gasteiger partial charge on any atom is 0.408 e. The molecule has 5 atom stereocenters. The Labute approximate surface area is 237 Å². The number of rotatable bonds is 5. The predicted molar refractivity (Wildman–Crippen MR) is 152 cm³/mol. The van der Waals surface area contributed by atoms with Gasteiger partial charge in [-0.05, 0) is 69.3 Å². The van der Waals surface area contributed by atoms with Crippen molar-refractivity contribution in [2.45, 2.75) is 120 Å².